The standard InChI is InChI=1S/C25H28N/c1-16(2)18-10-9-11-21-24(18)20-15-19(23-12-7-8-13-26(23)6)17(3)14-22(20)25(21,4)5/h7-16H,1-6H3/q+1. The SMILES string of the molecule is Cc1cc2c(cc1-c1cccc[n+]1C)-c1c(C(C)C)cccc1C2(C)C. The first kappa shape index (κ1) is 17.0. The Morgan fingerprint density at radius 2 is 1.65 bits per heavy atom. The zero-order valence-corrected chi connectivity index (χ0v) is 16.7. The molecule has 0 radical (unpaired) electrons. The van der Waals surface area contributed by atoms with Crippen molar-refractivity contribution in [3.63, 3.8) is 0 Å². The van der Waals surface area contributed by atoms with Gasteiger partial charge in [0, 0.05) is 23.1 Å². The van der Waals surface area contributed by atoms with Crippen molar-refractivity contribution in [2.45, 2.75) is 46.0 Å². The van der Waals surface area contributed by atoms with Crippen LogP contribution >= 0.6 is 0 Å². The van der Waals surface area contributed by atoms with E-state index < -0.39 is 0 Å². The molecule has 1 aliphatic carbocycles. The van der Waals surface area contributed by atoms with E-state index in [9.17, 15) is 0 Å². The monoisotopic (exact) mass is 342 g/mol. The van der Waals surface area contributed by atoms with Crippen molar-refractivity contribution in [3.8, 4) is 22.4 Å². The number of hydrogen-bond donors (Lipinski definition) is 0. The fraction of sp³-hybridized carbons (Fsp3) is 0.320. The maximum Gasteiger partial charge on any atom is 0.212 e. The van der Waals surface area contributed by atoms with Crippen LogP contribution in [0.5, 0.6) is 0 Å². The molecule has 4 rings (SSSR count). The van der Waals surface area contributed by atoms with Gasteiger partial charge in [0.1, 0.15) is 7.05 Å². The quantitative estimate of drug-likeness (QED) is 0.509. The van der Waals surface area contributed by atoms with Crippen LogP contribution in [0.1, 0.15) is 55.9 Å². The average Bonchev–Trinajstić information content (AvgIpc) is 2.82. The lowest BCUT2D eigenvalue weighted by atomic mass is 9.81. The normalized spacial score (nSPS) is 14.4. The highest BCUT2D eigenvalue weighted by Crippen LogP contribution is 2.52. The molecule has 0 bridgehead atoms. The molecule has 0 saturated carbocycles. The number of pyridine rings is 1. The summed E-state index contributed by atoms with van der Waals surface area (Å²) >= 11 is 0. The lowest BCUT2D eigenvalue weighted by Crippen LogP contribution is -2.30. The van der Waals surface area contributed by atoms with Crippen LogP contribution in [0.15, 0.2) is 54.7 Å². The van der Waals surface area contributed by atoms with Gasteiger partial charge < -0.3 is 0 Å². The van der Waals surface area contributed by atoms with Crippen LogP contribution in [-0.4, -0.2) is 0 Å². The molecule has 0 unspecified atom stereocenters. The van der Waals surface area contributed by atoms with Crippen LogP contribution in [0.4, 0.5) is 0 Å². The molecule has 0 amide bonds. The van der Waals surface area contributed by atoms with E-state index in [4.69, 9.17) is 0 Å². The Balaban J connectivity index is 2.05. The largest absolute Gasteiger partial charge is 0.212 e. The van der Waals surface area contributed by atoms with Crippen molar-refractivity contribution in [1.29, 1.82) is 0 Å². The number of fused-ring (bicyclic) bond motifs is 3. The fourth-order valence-electron chi connectivity index (χ4n) is 4.53. The van der Waals surface area contributed by atoms with Crippen LogP contribution in [0.2, 0.25) is 0 Å². The van der Waals surface area contributed by atoms with Crippen molar-refractivity contribution in [3.05, 3.63) is 77.0 Å². The van der Waals surface area contributed by atoms with E-state index in [1.165, 1.54) is 44.6 Å². The van der Waals surface area contributed by atoms with Gasteiger partial charge in [-0.25, -0.2) is 4.57 Å². The molecule has 1 heteroatoms. The molecule has 0 atom stereocenters. The average molecular weight is 343 g/mol. The van der Waals surface area contributed by atoms with Gasteiger partial charge in [-0.3, -0.25) is 0 Å². The molecule has 132 valence electrons. The Kier molecular flexibility index (Phi) is 3.80. The molecular formula is C25H28N+. The molecule has 0 fully saturated rings. The number of benzene rings is 2. The van der Waals surface area contributed by atoms with Gasteiger partial charge in [-0.15, -0.1) is 0 Å². The third-order valence-corrected chi connectivity index (χ3v) is 6.03. The van der Waals surface area contributed by atoms with E-state index >= 15 is 0 Å². The fourth-order valence-corrected chi connectivity index (χ4v) is 4.53. The van der Waals surface area contributed by atoms with E-state index in [2.05, 4.69) is 101 Å². The van der Waals surface area contributed by atoms with Gasteiger partial charge in [-0.2, -0.15) is 0 Å². The van der Waals surface area contributed by atoms with E-state index in [-0.39, 0.29) is 5.41 Å². The first-order valence-electron chi connectivity index (χ1n) is 9.56. The topological polar surface area (TPSA) is 3.88 Å². The first-order chi connectivity index (χ1) is 12.3. The summed E-state index contributed by atoms with van der Waals surface area (Å²) in [5, 5.41) is 0. The van der Waals surface area contributed by atoms with Gasteiger partial charge in [-0.05, 0) is 58.4 Å². The highest BCUT2D eigenvalue weighted by Gasteiger charge is 2.37. The van der Waals surface area contributed by atoms with Crippen LogP contribution in [-0.2, 0) is 12.5 Å². The summed E-state index contributed by atoms with van der Waals surface area (Å²) in [5.41, 5.74) is 11.3. The molecule has 26 heavy (non-hydrogen) atoms. The Labute approximate surface area is 157 Å². The molecule has 0 aliphatic heterocycles. The van der Waals surface area contributed by atoms with Crippen molar-refractivity contribution in [2.24, 2.45) is 7.05 Å². The van der Waals surface area contributed by atoms with Gasteiger partial charge in [0.25, 0.3) is 0 Å². The summed E-state index contributed by atoms with van der Waals surface area (Å²) in [6.07, 6.45) is 2.12. The third kappa shape index (κ3) is 2.34. The minimum absolute atomic E-state index is 0.0533. The van der Waals surface area contributed by atoms with E-state index in [1.807, 2.05) is 0 Å². The summed E-state index contributed by atoms with van der Waals surface area (Å²) in [6, 6.07) is 18.1. The van der Waals surface area contributed by atoms with Gasteiger partial charge >= 0.3 is 0 Å². The highest BCUT2D eigenvalue weighted by atomic mass is 14.9. The van der Waals surface area contributed by atoms with Crippen molar-refractivity contribution in [2.75, 3.05) is 0 Å². The Morgan fingerprint density at radius 1 is 0.885 bits per heavy atom. The summed E-state index contributed by atoms with van der Waals surface area (Å²) in [6.45, 7) is 11.6. The van der Waals surface area contributed by atoms with E-state index in [0.717, 1.165) is 0 Å². The smallest absolute Gasteiger partial charge is 0.201 e. The molecule has 2 aromatic carbocycles. The molecule has 0 N–H and O–H groups in total. The maximum absolute atomic E-state index is 2.43. The second-order valence-corrected chi connectivity index (χ2v) is 8.46. The number of hydrogen-bond acceptors (Lipinski definition) is 0. The van der Waals surface area contributed by atoms with Gasteiger partial charge in [0.15, 0.2) is 6.20 Å². The predicted octanol–water partition coefficient (Wildman–Crippen LogP) is 5.92. The van der Waals surface area contributed by atoms with Crippen LogP contribution in [0.25, 0.3) is 22.4 Å². The number of aromatic nitrogens is 1. The van der Waals surface area contributed by atoms with E-state index in [1.54, 1.807) is 0 Å². The molecule has 3 aromatic rings. The first-order valence-corrected chi connectivity index (χ1v) is 9.56. The minimum atomic E-state index is 0.0533. The highest BCUT2D eigenvalue weighted by molar-refractivity contribution is 5.87. The van der Waals surface area contributed by atoms with Crippen LogP contribution < -0.4 is 4.57 Å². The third-order valence-electron chi connectivity index (χ3n) is 6.03. The second-order valence-electron chi connectivity index (χ2n) is 8.46. The zero-order chi connectivity index (χ0) is 18.6. The lowest BCUT2D eigenvalue weighted by molar-refractivity contribution is -0.660. The van der Waals surface area contributed by atoms with Gasteiger partial charge in [-0.1, -0.05) is 52.0 Å². The molecule has 1 aromatic heterocycles. The molecule has 1 aliphatic rings. The number of aryl methyl sites for hydroxylation is 2. The Morgan fingerprint density at radius 3 is 2.35 bits per heavy atom. The maximum atomic E-state index is 2.43. The van der Waals surface area contributed by atoms with Crippen molar-refractivity contribution in [1.82, 2.24) is 0 Å². The van der Waals surface area contributed by atoms with Crippen LogP contribution in [0, 0.1) is 6.92 Å². The number of nitrogens with zero attached hydrogens (tertiary/aromatic N) is 1. The predicted molar refractivity (Wildman–Crippen MR) is 109 cm³/mol. The summed E-state index contributed by atoms with van der Waals surface area (Å²) in [4.78, 5) is 0. The summed E-state index contributed by atoms with van der Waals surface area (Å²) < 4.78 is 2.21. The number of rotatable bonds is 2. The lowest BCUT2D eigenvalue weighted by Gasteiger charge is -2.22. The minimum Gasteiger partial charge on any atom is -0.201 e. The Hall–Kier alpha value is -2.41. The van der Waals surface area contributed by atoms with Crippen molar-refractivity contribution >= 4 is 0 Å². The van der Waals surface area contributed by atoms with Gasteiger partial charge in [0.2, 0.25) is 5.69 Å². The van der Waals surface area contributed by atoms with Crippen molar-refractivity contribution < 1.29 is 4.57 Å². The molecule has 1 nitrogen and oxygen atoms in total. The van der Waals surface area contributed by atoms with Crippen LogP contribution in [0.3, 0.4) is 0 Å². The molecular weight excluding hydrogens is 314 g/mol. The van der Waals surface area contributed by atoms with Gasteiger partial charge in [0.05, 0.1) is 0 Å². The Bertz CT molecular complexity index is 1010. The molecule has 0 spiro atoms. The summed E-state index contributed by atoms with van der Waals surface area (Å²) in [5.74, 6) is 0.518. The zero-order valence-electron chi connectivity index (χ0n) is 16.7. The van der Waals surface area contributed by atoms with E-state index in [0.29, 0.717) is 5.92 Å². The molecule has 1 heterocycles. The molecule has 0 saturated heterocycles. The second kappa shape index (κ2) is 5.81. The summed E-state index contributed by atoms with van der Waals surface area (Å²) in [7, 11) is 2.12.